The maximum atomic E-state index is 13.9. The fourth-order valence-corrected chi connectivity index (χ4v) is 9.34. The first-order chi connectivity index (χ1) is 30.7. The van der Waals surface area contributed by atoms with E-state index in [-0.39, 0.29) is 35.2 Å². The number of pyridine rings is 1. The Morgan fingerprint density at radius 3 is 2.38 bits per heavy atom. The second-order valence-corrected chi connectivity index (χ2v) is 17.6. The van der Waals surface area contributed by atoms with Crippen molar-refractivity contribution in [1.29, 1.82) is 0 Å². The lowest BCUT2D eigenvalue weighted by Crippen LogP contribution is -2.35. The number of aromatic nitrogens is 1. The van der Waals surface area contributed by atoms with Crippen molar-refractivity contribution < 1.29 is 24.5 Å². The molecule has 2 aromatic heterocycles. The van der Waals surface area contributed by atoms with E-state index in [1.54, 1.807) is 41.7 Å². The lowest BCUT2D eigenvalue weighted by Gasteiger charge is -2.32. The van der Waals surface area contributed by atoms with Crippen LogP contribution in [0, 0.1) is 5.92 Å². The molecular formula is C51H49ClN4O6S. The summed E-state index contributed by atoms with van der Waals surface area (Å²) < 4.78 is 6.09. The molecule has 0 spiro atoms. The van der Waals surface area contributed by atoms with Crippen molar-refractivity contribution in [2.75, 3.05) is 26.2 Å². The summed E-state index contributed by atoms with van der Waals surface area (Å²) in [7, 11) is 0. The number of thiophene rings is 1. The SMILES string of the molecule is O=C(NCc1ccc(-c2cccc(C(C(=O)OCC3CCN(Cc4ccccc4)CC3)c3ccccc3)c2)s1)c1ccc(CNC[C@H](O)c2ccc(O)c3[nH]c(=O)ccc23)c(Cl)c1. The van der Waals surface area contributed by atoms with Gasteiger partial charge in [0.1, 0.15) is 11.7 Å². The Bertz CT molecular complexity index is 2730. The third-order valence-electron chi connectivity index (χ3n) is 11.6. The Hall–Kier alpha value is -6.08. The molecule has 0 radical (unpaired) electrons. The normalized spacial score (nSPS) is 14.3. The summed E-state index contributed by atoms with van der Waals surface area (Å²) in [6, 6.07) is 43.5. The number of hydrogen-bond donors (Lipinski definition) is 5. The van der Waals surface area contributed by atoms with E-state index in [9.17, 15) is 24.6 Å². The summed E-state index contributed by atoms with van der Waals surface area (Å²) in [5, 5.41) is 28.2. The molecule has 1 fully saturated rings. The van der Waals surface area contributed by atoms with Crippen LogP contribution in [0.5, 0.6) is 5.75 Å². The van der Waals surface area contributed by atoms with E-state index in [1.807, 2.05) is 66.7 Å². The first-order valence-corrected chi connectivity index (χ1v) is 22.3. The van der Waals surface area contributed by atoms with Crippen LogP contribution >= 0.6 is 22.9 Å². The number of aromatic amines is 1. The number of carbonyl (C=O) groups excluding carboxylic acids is 2. The van der Waals surface area contributed by atoms with E-state index in [1.165, 1.54) is 17.7 Å². The van der Waals surface area contributed by atoms with E-state index in [4.69, 9.17) is 16.3 Å². The number of H-pyrrole nitrogens is 1. The Kier molecular flexibility index (Phi) is 14.1. The zero-order chi connectivity index (χ0) is 43.7. The molecule has 8 rings (SSSR count). The zero-order valence-corrected chi connectivity index (χ0v) is 36.2. The summed E-state index contributed by atoms with van der Waals surface area (Å²) >= 11 is 8.18. The summed E-state index contributed by atoms with van der Waals surface area (Å²) in [4.78, 5) is 46.0. The second-order valence-electron chi connectivity index (χ2n) is 16.0. The Labute approximate surface area is 375 Å². The van der Waals surface area contributed by atoms with E-state index >= 15 is 0 Å². The van der Waals surface area contributed by atoms with Crippen LogP contribution in [0.3, 0.4) is 0 Å². The van der Waals surface area contributed by atoms with Crippen LogP contribution in [0.2, 0.25) is 5.02 Å². The molecule has 63 heavy (non-hydrogen) atoms. The standard InChI is InChI=1S/C51H49ClN4O6S/c52-43-27-38(14-15-39(43)28-53-30-45(58)41-17-19-44(57)49-42(41)18-21-47(59)55-49)50(60)54-29-40-16-20-46(63-40)36-12-7-13-37(26-36)48(35-10-5-2-6-11-35)51(61)62-32-34-22-24-56(25-23-34)31-33-8-3-1-4-9-33/h1-21,26-27,34,45,48,53,57-58H,22-25,28-32H2,(H,54,60)(H,55,59)/t45-,48?/m0/s1. The topological polar surface area (TPSA) is 144 Å². The zero-order valence-electron chi connectivity index (χ0n) is 34.6. The monoisotopic (exact) mass is 880 g/mol. The van der Waals surface area contributed by atoms with Crippen LogP contribution in [0.4, 0.5) is 0 Å². The molecule has 0 bridgehead atoms. The van der Waals surface area contributed by atoms with Gasteiger partial charge in [-0.05, 0) is 108 Å². The molecule has 0 saturated carbocycles. The van der Waals surface area contributed by atoms with Crippen molar-refractivity contribution in [2.24, 2.45) is 5.92 Å². The van der Waals surface area contributed by atoms with Crippen molar-refractivity contribution in [2.45, 2.75) is 44.5 Å². The van der Waals surface area contributed by atoms with Gasteiger partial charge in [0, 0.05) is 51.4 Å². The maximum Gasteiger partial charge on any atom is 0.317 e. The Balaban J connectivity index is 0.845. The molecule has 1 aliphatic heterocycles. The first-order valence-electron chi connectivity index (χ1n) is 21.2. The third kappa shape index (κ3) is 10.9. The first kappa shape index (κ1) is 43.6. The van der Waals surface area contributed by atoms with Gasteiger partial charge in [0.25, 0.3) is 5.91 Å². The molecule has 5 aromatic carbocycles. The average molecular weight is 881 g/mol. The van der Waals surface area contributed by atoms with Gasteiger partial charge in [0.15, 0.2) is 0 Å². The number of rotatable bonds is 16. The molecule has 2 atom stereocenters. The number of ether oxygens (including phenoxy) is 1. The van der Waals surface area contributed by atoms with Gasteiger partial charge in [-0.15, -0.1) is 11.3 Å². The molecule has 3 heterocycles. The number of phenols is 1. The minimum atomic E-state index is -0.922. The van der Waals surface area contributed by atoms with Gasteiger partial charge < -0.3 is 30.6 Å². The minimum absolute atomic E-state index is 0.0742. The predicted octanol–water partition coefficient (Wildman–Crippen LogP) is 8.96. The van der Waals surface area contributed by atoms with Crippen molar-refractivity contribution in [3.63, 3.8) is 0 Å². The predicted molar refractivity (Wildman–Crippen MR) is 249 cm³/mol. The van der Waals surface area contributed by atoms with Crippen LogP contribution in [0.25, 0.3) is 21.3 Å². The number of phenolic OH excluding ortho intramolecular Hbond substituents is 1. The minimum Gasteiger partial charge on any atom is -0.506 e. The van der Waals surface area contributed by atoms with Gasteiger partial charge >= 0.3 is 5.97 Å². The van der Waals surface area contributed by atoms with Crippen LogP contribution in [-0.2, 0) is 29.2 Å². The maximum absolute atomic E-state index is 13.9. The van der Waals surface area contributed by atoms with Crippen LogP contribution in [0.1, 0.15) is 67.9 Å². The number of aliphatic hydroxyl groups is 1. The highest BCUT2D eigenvalue weighted by atomic mass is 35.5. The highest BCUT2D eigenvalue weighted by Crippen LogP contribution is 2.34. The molecule has 1 saturated heterocycles. The highest BCUT2D eigenvalue weighted by molar-refractivity contribution is 7.15. The number of nitrogens with zero attached hydrogens (tertiary/aromatic N) is 1. The summed E-state index contributed by atoms with van der Waals surface area (Å²) in [5.41, 5.74) is 5.69. The van der Waals surface area contributed by atoms with Gasteiger partial charge in [-0.2, -0.15) is 0 Å². The average Bonchev–Trinajstić information content (AvgIpc) is 3.79. The van der Waals surface area contributed by atoms with Crippen LogP contribution in [0.15, 0.2) is 144 Å². The lowest BCUT2D eigenvalue weighted by molar-refractivity contribution is -0.146. The number of amides is 1. The molecule has 1 amide bonds. The number of carbonyl (C=O) groups is 2. The molecule has 7 aromatic rings. The number of hydrogen-bond acceptors (Lipinski definition) is 9. The van der Waals surface area contributed by atoms with Crippen molar-refractivity contribution >= 4 is 45.7 Å². The number of nitrogens with one attached hydrogen (secondary N) is 3. The lowest BCUT2D eigenvalue weighted by atomic mass is 9.90. The number of benzene rings is 5. The fraction of sp³-hybridized carbons (Fsp3) is 0.235. The van der Waals surface area contributed by atoms with Crippen molar-refractivity contribution in [3.8, 4) is 16.2 Å². The van der Waals surface area contributed by atoms with Gasteiger partial charge in [-0.3, -0.25) is 19.3 Å². The summed E-state index contributed by atoms with van der Waals surface area (Å²) in [6.45, 7) is 4.16. The van der Waals surface area contributed by atoms with Gasteiger partial charge in [0.2, 0.25) is 5.56 Å². The number of piperidine rings is 1. The highest BCUT2D eigenvalue weighted by Gasteiger charge is 2.27. The molecule has 1 aliphatic rings. The molecule has 1 unspecified atom stereocenters. The van der Waals surface area contributed by atoms with Gasteiger partial charge in [-0.1, -0.05) is 103 Å². The Morgan fingerprint density at radius 1 is 0.841 bits per heavy atom. The van der Waals surface area contributed by atoms with Crippen LogP contribution < -0.4 is 16.2 Å². The fourth-order valence-electron chi connectivity index (χ4n) is 8.15. The number of halogens is 1. The molecule has 5 N–H and O–H groups in total. The van der Waals surface area contributed by atoms with Crippen molar-refractivity contribution in [1.82, 2.24) is 20.5 Å². The number of esters is 1. The number of aliphatic hydroxyl groups excluding tert-OH is 1. The van der Waals surface area contributed by atoms with E-state index in [2.05, 4.69) is 50.8 Å². The van der Waals surface area contributed by atoms with Crippen molar-refractivity contribution in [3.05, 3.63) is 193 Å². The van der Waals surface area contributed by atoms with E-state index < -0.39 is 12.0 Å². The number of likely N-dealkylation sites (tertiary alicyclic amines) is 1. The molecule has 0 aliphatic carbocycles. The van der Waals surface area contributed by atoms with E-state index in [0.717, 1.165) is 64.5 Å². The second kappa shape index (κ2) is 20.4. The summed E-state index contributed by atoms with van der Waals surface area (Å²) in [5.74, 6) is -0.819. The Morgan fingerprint density at radius 2 is 1.60 bits per heavy atom. The molecule has 10 nitrogen and oxygen atoms in total. The molecular weight excluding hydrogens is 832 g/mol. The van der Waals surface area contributed by atoms with Gasteiger partial charge in [0.05, 0.1) is 24.8 Å². The van der Waals surface area contributed by atoms with Gasteiger partial charge in [-0.25, -0.2) is 0 Å². The smallest absolute Gasteiger partial charge is 0.317 e. The number of fused-ring (bicyclic) bond motifs is 1. The largest absolute Gasteiger partial charge is 0.506 e. The quantitative estimate of drug-likeness (QED) is 0.0606. The molecule has 322 valence electrons. The van der Waals surface area contributed by atoms with E-state index in [0.29, 0.717) is 47.2 Å². The third-order valence-corrected chi connectivity index (χ3v) is 13.1. The van der Waals surface area contributed by atoms with Crippen LogP contribution in [-0.4, -0.2) is 58.2 Å². The molecule has 12 heteroatoms. The summed E-state index contributed by atoms with van der Waals surface area (Å²) in [6.07, 6.45) is 1.06. The number of aromatic hydroxyl groups is 1.